The SMILES string of the molecule is Nc1cccc(N2CCC3(CCOC3)OC2=O)c1. The Bertz CT molecular complexity index is 469. The number of ether oxygens (including phenoxy) is 2. The van der Waals surface area contributed by atoms with Crippen molar-refractivity contribution in [3.8, 4) is 0 Å². The highest BCUT2D eigenvalue weighted by molar-refractivity contribution is 5.89. The van der Waals surface area contributed by atoms with E-state index in [0.717, 1.165) is 18.5 Å². The minimum Gasteiger partial charge on any atom is -0.440 e. The highest BCUT2D eigenvalue weighted by Gasteiger charge is 2.44. The van der Waals surface area contributed by atoms with Crippen molar-refractivity contribution < 1.29 is 14.3 Å². The highest BCUT2D eigenvalue weighted by Crippen LogP contribution is 2.33. The number of nitrogen functional groups attached to an aromatic ring is 1. The molecule has 2 saturated heterocycles. The summed E-state index contributed by atoms with van der Waals surface area (Å²) in [5, 5.41) is 0. The van der Waals surface area contributed by atoms with Crippen LogP contribution in [0, 0.1) is 0 Å². The molecule has 2 heterocycles. The van der Waals surface area contributed by atoms with Crippen LogP contribution in [0.1, 0.15) is 12.8 Å². The Morgan fingerprint density at radius 3 is 2.89 bits per heavy atom. The maximum Gasteiger partial charge on any atom is 0.414 e. The van der Waals surface area contributed by atoms with Crippen LogP contribution in [0.2, 0.25) is 0 Å². The number of anilines is 2. The van der Waals surface area contributed by atoms with Crippen molar-refractivity contribution >= 4 is 17.5 Å². The summed E-state index contributed by atoms with van der Waals surface area (Å²) in [6.45, 7) is 1.83. The van der Waals surface area contributed by atoms with Crippen LogP contribution < -0.4 is 10.6 Å². The van der Waals surface area contributed by atoms with E-state index in [1.54, 1.807) is 17.0 Å². The molecule has 96 valence electrons. The molecule has 2 aliphatic heterocycles. The van der Waals surface area contributed by atoms with E-state index < -0.39 is 5.60 Å². The van der Waals surface area contributed by atoms with E-state index in [2.05, 4.69) is 0 Å². The summed E-state index contributed by atoms with van der Waals surface area (Å²) in [6.07, 6.45) is 1.29. The van der Waals surface area contributed by atoms with Crippen LogP contribution in [0.3, 0.4) is 0 Å². The second kappa shape index (κ2) is 4.17. The molecular weight excluding hydrogens is 232 g/mol. The average Bonchev–Trinajstić information content (AvgIpc) is 2.77. The molecule has 1 aromatic rings. The molecular formula is C13H16N2O3. The summed E-state index contributed by atoms with van der Waals surface area (Å²) in [6, 6.07) is 7.28. The topological polar surface area (TPSA) is 64.8 Å². The molecule has 1 amide bonds. The maximum absolute atomic E-state index is 12.1. The van der Waals surface area contributed by atoms with E-state index in [1.807, 2.05) is 12.1 Å². The fourth-order valence-corrected chi connectivity index (χ4v) is 2.49. The van der Waals surface area contributed by atoms with Crippen LogP contribution in [0.5, 0.6) is 0 Å². The normalized spacial score (nSPS) is 27.6. The van der Waals surface area contributed by atoms with Crippen molar-refractivity contribution in [2.75, 3.05) is 30.4 Å². The standard InChI is InChI=1S/C13H16N2O3/c14-10-2-1-3-11(8-10)15-6-4-13(18-12(15)16)5-7-17-9-13/h1-3,8H,4-7,9,14H2. The van der Waals surface area contributed by atoms with Gasteiger partial charge in [-0.05, 0) is 18.2 Å². The second-order valence-electron chi connectivity index (χ2n) is 4.85. The van der Waals surface area contributed by atoms with Gasteiger partial charge in [0.15, 0.2) is 0 Å². The number of hydrogen-bond donors (Lipinski definition) is 1. The third-order valence-electron chi connectivity index (χ3n) is 3.56. The first-order valence-corrected chi connectivity index (χ1v) is 6.12. The first-order chi connectivity index (χ1) is 8.69. The molecule has 3 rings (SSSR count). The third kappa shape index (κ3) is 1.90. The predicted molar refractivity (Wildman–Crippen MR) is 67.5 cm³/mol. The Balaban J connectivity index is 1.78. The second-order valence-corrected chi connectivity index (χ2v) is 4.85. The molecule has 2 fully saturated rings. The van der Waals surface area contributed by atoms with Crippen molar-refractivity contribution in [2.24, 2.45) is 0 Å². The van der Waals surface area contributed by atoms with Crippen molar-refractivity contribution in [3.63, 3.8) is 0 Å². The van der Waals surface area contributed by atoms with Crippen molar-refractivity contribution in [2.45, 2.75) is 18.4 Å². The molecule has 5 heteroatoms. The summed E-state index contributed by atoms with van der Waals surface area (Å²) in [7, 11) is 0. The van der Waals surface area contributed by atoms with Gasteiger partial charge in [0.25, 0.3) is 0 Å². The number of hydrogen-bond acceptors (Lipinski definition) is 4. The number of carbonyl (C=O) groups excluding carboxylic acids is 1. The van der Waals surface area contributed by atoms with Gasteiger partial charge in [-0.3, -0.25) is 4.90 Å². The first-order valence-electron chi connectivity index (χ1n) is 6.12. The van der Waals surface area contributed by atoms with Crippen molar-refractivity contribution in [1.29, 1.82) is 0 Å². The summed E-state index contributed by atoms with van der Waals surface area (Å²) in [5.74, 6) is 0. The van der Waals surface area contributed by atoms with E-state index in [9.17, 15) is 4.79 Å². The fraction of sp³-hybridized carbons (Fsp3) is 0.462. The first kappa shape index (κ1) is 11.3. The van der Waals surface area contributed by atoms with Gasteiger partial charge in [0.2, 0.25) is 0 Å². The Morgan fingerprint density at radius 1 is 1.33 bits per heavy atom. The molecule has 5 nitrogen and oxygen atoms in total. The highest BCUT2D eigenvalue weighted by atomic mass is 16.6. The molecule has 0 bridgehead atoms. The number of benzene rings is 1. The molecule has 1 atom stereocenters. The lowest BCUT2D eigenvalue weighted by atomic mass is 9.97. The van der Waals surface area contributed by atoms with Crippen LogP contribution in [-0.2, 0) is 9.47 Å². The quantitative estimate of drug-likeness (QED) is 0.769. The summed E-state index contributed by atoms with van der Waals surface area (Å²) in [5.41, 5.74) is 6.76. The van der Waals surface area contributed by atoms with Gasteiger partial charge in [-0.2, -0.15) is 0 Å². The number of amides is 1. The van der Waals surface area contributed by atoms with Crippen LogP contribution in [0.25, 0.3) is 0 Å². The van der Waals surface area contributed by atoms with Gasteiger partial charge < -0.3 is 15.2 Å². The lowest BCUT2D eigenvalue weighted by Crippen LogP contribution is -2.50. The molecule has 1 aromatic carbocycles. The summed E-state index contributed by atoms with van der Waals surface area (Å²) in [4.78, 5) is 13.7. The van der Waals surface area contributed by atoms with E-state index in [1.165, 1.54) is 0 Å². The average molecular weight is 248 g/mol. The smallest absolute Gasteiger partial charge is 0.414 e. The van der Waals surface area contributed by atoms with Crippen LogP contribution in [0.4, 0.5) is 16.2 Å². The van der Waals surface area contributed by atoms with Crippen LogP contribution in [0.15, 0.2) is 24.3 Å². The molecule has 1 spiro atoms. The fourth-order valence-electron chi connectivity index (χ4n) is 2.49. The third-order valence-corrected chi connectivity index (χ3v) is 3.56. The Labute approximate surface area is 105 Å². The summed E-state index contributed by atoms with van der Waals surface area (Å²) >= 11 is 0. The molecule has 0 radical (unpaired) electrons. The van der Waals surface area contributed by atoms with E-state index in [0.29, 0.717) is 25.4 Å². The lowest BCUT2D eigenvalue weighted by molar-refractivity contribution is -0.0111. The zero-order chi connectivity index (χ0) is 12.6. The molecule has 0 saturated carbocycles. The van der Waals surface area contributed by atoms with Crippen LogP contribution >= 0.6 is 0 Å². The van der Waals surface area contributed by atoms with E-state index in [-0.39, 0.29) is 6.09 Å². The Hall–Kier alpha value is -1.75. The van der Waals surface area contributed by atoms with Gasteiger partial charge in [0, 0.05) is 30.8 Å². The van der Waals surface area contributed by atoms with Crippen molar-refractivity contribution in [1.82, 2.24) is 0 Å². The van der Waals surface area contributed by atoms with Gasteiger partial charge >= 0.3 is 6.09 Å². The van der Waals surface area contributed by atoms with E-state index in [4.69, 9.17) is 15.2 Å². The molecule has 2 N–H and O–H groups in total. The molecule has 18 heavy (non-hydrogen) atoms. The zero-order valence-electron chi connectivity index (χ0n) is 10.1. The van der Waals surface area contributed by atoms with E-state index >= 15 is 0 Å². The zero-order valence-corrected chi connectivity index (χ0v) is 10.1. The lowest BCUT2D eigenvalue weighted by Gasteiger charge is -2.37. The van der Waals surface area contributed by atoms with Crippen LogP contribution in [-0.4, -0.2) is 31.5 Å². The minimum absolute atomic E-state index is 0.308. The largest absolute Gasteiger partial charge is 0.440 e. The van der Waals surface area contributed by atoms with Gasteiger partial charge in [0.1, 0.15) is 5.60 Å². The van der Waals surface area contributed by atoms with Gasteiger partial charge in [-0.15, -0.1) is 0 Å². The van der Waals surface area contributed by atoms with Gasteiger partial charge in [-0.1, -0.05) is 6.07 Å². The Morgan fingerprint density at radius 2 is 2.22 bits per heavy atom. The monoisotopic (exact) mass is 248 g/mol. The summed E-state index contributed by atoms with van der Waals surface area (Å²) < 4.78 is 10.9. The van der Waals surface area contributed by atoms with Gasteiger partial charge in [0.05, 0.1) is 13.2 Å². The molecule has 2 aliphatic rings. The maximum atomic E-state index is 12.1. The molecule has 0 aliphatic carbocycles. The Kier molecular flexibility index (Phi) is 2.63. The minimum atomic E-state index is -0.395. The van der Waals surface area contributed by atoms with Gasteiger partial charge in [-0.25, -0.2) is 4.79 Å². The molecule has 1 unspecified atom stereocenters. The number of nitrogens with two attached hydrogens (primary N) is 1. The number of rotatable bonds is 1. The predicted octanol–water partition coefficient (Wildman–Crippen LogP) is 1.77. The number of nitrogens with zero attached hydrogens (tertiary/aromatic N) is 1. The number of carbonyl (C=O) groups is 1. The molecule has 0 aromatic heterocycles. The van der Waals surface area contributed by atoms with Crippen molar-refractivity contribution in [3.05, 3.63) is 24.3 Å².